The lowest BCUT2D eigenvalue weighted by Crippen LogP contribution is -2.51. The number of hydrogen-bond donors (Lipinski definition) is 1. The summed E-state index contributed by atoms with van der Waals surface area (Å²) in [6, 6.07) is 2.86. The number of amides is 2. The highest BCUT2D eigenvalue weighted by Crippen LogP contribution is 2.23. The van der Waals surface area contributed by atoms with E-state index in [-0.39, 0.29) is 17.6 Å². The molecule has 1 N–H and O–H groups in total. The third kappa shape index (κ3) is 2.81. The summed E-state index contributed by atoms with van der Waals surface area (Å²) in [7, 11) is 0. The van der Waals surface area contributed by atoms with Gasteiger partial charge in [0.2, 0.25) is 5.91 Å². The van der Waals surface area contributed by atoms with Crippen LogP contribution in [0.3, 0.4) is 0 Å². The first-order valence-electron chi connectivity index (χ1n) is 7.48. The van der Waals surface area contributed by atoms with Crippen LogP contribution in [0, 0.1) is 0 Å². The van der Waals surface area contributed by atoms with Crippen LogP contribution in [0.1, 0.15) is 36.2 Å². The fourth-order valence-corrected chi connectivity index (χ4v) is 3.17. The largest absolute Gasteiger partial charge is 0.459 e. The summed E-state index contributed by atoms with van der Waals surface area (Å²) in [5.74, 6) is -0.00653. The Balaban J connectivity index is 1.71. The van der Waals surface area contributed by atoms with Gasteiger partial charge in [-0.25, -0.2) is 0 Å². The van der Waals surface area contributed by atoms with Crippen molar-refractivity contribution in [2.24, 2.45) is 0 Å². The number of aliphatic hydroxyl groups excluding tert-OH is 1. The van der Waals surface area contributed by atoms with Crippen molar-refractivity contribution in [2.75, 3.05) is 19.6 Å². The van der Waals surface area contributed by atoms with Crippen molar-refractivity contribution in [1.82, 2.24) is 9.80 Å². The first-order valence-corrected chi connectivity index (χ1v) is 7.48. The molecule has 1 aromatic heterocycles. The number of β-amino-alcohol motifs (C(OH)–C–C–N with tert-alkyl or cyclic N) is 1. The number of rotatable bonds is 2. The monoisotopic (exact) mass is 292 g/mol. The molecule has 21 heavy (non-hydrogen) atoms. The Bertz CT molecular complexity index is 514. The molecule has 3 heterocycles. The molecule has 0 aromatic carbocycles. The number of aliphatic hydroxyl groups is 1. The van der Waals surface area contributed by atoms with Crippen molar-refractivity contribution in [3.05, 3.63) is 24.2 Å². The molecule has 2 aliphatic rings. The number of carbonyl (C=O) groups is 2. The Kier molecular flexibility index (Phi) is 3.96. The van der Waals surface area contributed by atoms with Crippen molar-refractivity contribution in [1.29, 1.82) is 0 Å². The minimum absolute atomic E-state index is 0.0499. The zero-order valence-corrected chi connectivity index (χ0v) is 11.9. The standard InChI is InChI=1S/C15H20N2O4/c18-11-4-1-7-16(10-11)14(19)12-5-2-8-17(12)15(20)13-6-3-9-21-13/h3,6,9,11-12,18H,1-2,4-5,7-8,10H2. The molecule has 2 fully saturated rings. The van der Waals surface area contributed by atoms with Gasteiger partial charge in [0.25, 0.3) is 5.91 Å². The summed E-state index contributed by atoms with van der Waals surface area (Å²) in [5.41, 5.74) is 0. The maximum atomic E-state index is 12.6. The number of likely N-dealkylation sites (tertiary alicyclic amines) is 2. The van der Waals surface area contributed by atoms with E-state index in [4.69, 9.17) is 4.42 Å². The number of nitrogens with zero attached hydrogens (tertiary/aromatic N) is 2. The van der Waals surface area contributed by atoms with Gasteiger partial charge in [0.05, 0.1) is 12.4 Å². The second-order valence-corrected chi connectivity index (χ2v) is 5.71. The predicted molar refractivity (Wildman–Crippen MR) is 74.6 cm³/mol. The third-order valence-electron chi connectivity index (χ3n) is 4.24. The van der Waals surface area contributed by atoms with Crippen molar-refractivity contribution in [3.63, 3.8) is 0 Å². The lowest BCUT2D eigenvalue weighted by molar-refractivity contribution is -0.138. The van der Waals surface area contributed by atoms with E-state index < -0.39 is 12.1 Å². The topological polar surface area (TPSA) is 74.0 Å². The predicted octanol–water partition coefficient (Wildman–Crippen LogP) is 0.868. The van der Waals surface area contributed by atoms with E-state index in [1.54, 1.807) is 21.9 Å². The molecular formula is C15H20N2O4. The van der Waals surface area contributed by atoms with E-state index in [9.17, 15) is 14.7 Å². The summed E-state index contributed by atoms with van der Waals surface area (Å²) < 4.78 is 5.14. The summed E-state index contributed by atoms with van der Waals surface area (Å²) in [4.78, 5) is 28.3. The summed E-state index contributed by atoms with van der Waals surface area (Å²) >= 11 is 0. The minimum Gasteiger partial charge on any atom is -0.459 e. The molecule has 114 valence electrons. The van der Waals surface area contributed by atoms with Crippen LogP contribution in [-0.4, -0.2) is 58.5 Å². The molecule has 6 heteroatoms. The summed E-state index contributed by atoms with van der Waals surface area (Å²) in [5, 5.41) is 9.71. The van der Waals surface area contributed by atoms with Gasteiger partial charge in [-0.15, -0.1) is 0 Å². The molecule has 6 nitrogen and oxygen atoms in total. The van der Waals surface area contributed by atoms with Crippen LogP contribution in [-0.2, 0) is 4.79 Å². The van der Waals surface area contributed by atoms with Crippen LogP contribution in [0.2, 0.25) is 0 Å². The highest BCUT2D eigenvalue weighted by atomic mass is 16.3. The minimum atomic E-state index is -0.446. The molecule has 0 radical (unpaired) electrons. The van der Waals surface area contributed by atoms with Gasteiger partial charge < -0.3 is 19.3 Å². The Morgan fingerprint density at radius 3 is 2.76 bits per heavy atom. The van der Waals surface area contributed by atoms with Crippen LogP contribution in [0.4, 0.5) is 0 Å². The molecule has 3 rings (SSSR count). The van der Waals surface area contributed by atoms with Crippen LogP contribution >= 0.6 is 0 Å². The van der Waals surface area contributed by atoms with Gasteiger partial charge >= 0.3 is 0 Å². The molecule has 0 spiro atoms. The first-order chi connectivity index (χ1) is 10.2. The molecular weight excluding hydrogens is 272 g/mol. The Morgan fingerprint density at radius 1 is 1.24 bits per heavy atom. The van der Waals surface area contributed by atoms with Gasteiger partial charge in [-0.3, -0.25) is 9.59 Å². The van der Waals surface area contributed by atoms with Crippen molar-refractivity contribution < 1.29 is 19.1 Å². The van der Waals surface area contributed by atoms with Crippen LogP contribution in [0.25, 0.3) is 0 Å². The molecule has 1 aromatic rings. The average Bonchev–Trinajstić information content (AvgIpc) is 3.17. The number of carbonyl (C=O) groups excluding carboxylic acids is 2. The highest BCUT2D eigenvalue weighted by molar-refractivity contribution is 5.96. The van der Waals surface area contributed by atoms with Gasteiger partial charge in [0.1, 0.15) is 6.04 Å². The lowest BCUT2D eigenvalue weighted by atomic mass is 10.1. The van der Waals surface area contributed by atoms with E-state index >= 15 is 0 Å². The van der Waals surface area contributed by atoms with Crippen LogP contribution in [0.5, 0.6) is 0 Å². The van der Waals surface area contributed by atoms with Gasteiger partial charge in [0, 0.05) is 19.6 Å². The van der Waals surface area contributed by atoms with Crippen molar-refractivity contribution in [3.8, 4) is 0 Å². The normalized spacial score (nSPS) is 26.1. The Labute approximate surface area is 123 Å². The van der Waals surface area contributed by atoms with Crippen molar-refractivity contribution in [2.45, 2.75) is 37.8 Å². The second-order valence-electron chi connectivity index (χ2n) is 5.71. The van der Waals surface area contributed by atoms with Gasteiger partial charge in [0.15, 0.2) is 5.76 Å². The smallest absolute Gasteiger partial charge is 0.290 e. The summed E-state index contributed by atoms with van der Waals surface area (Å²) in [6.07, 6.45) is 4.06. The molecule has 0 aliphatic carbocycles. The maximum absolute atomic E-state index is 12.6. The SMILES string of the molecule is O=C(C1CCCN1C(=O)c1ccco1)N1CCCC(O)C1. The number of hydrogen-bond acceptors (Lipinski definition) is 4. The average molecular weight is 292 g/mol. The molecule has 2 atom stereocenters. The van der Waals surface area contributed by atoms with E-state index in [0.29, 0.717) is 26.1 Å². The van der Waals surface area contributed by atoms with E-state index in [0.717, 1.165) is 19.3 Å². The zero-order valence-electron chi connectivity index (χ0n) is 11.9. The quantitative estimate of drug-likeness (QED) is 0.877. The molecule has 2 unspecified atom stereocenters. The van der Waals surface area contributed by atoms with Crippen LogP contribution < -0.4 is 0 Å². The molecule has 2 aliphatic heterocycles. The lowest BCUT2D eigenvalue weighted by Gasteiger charge is -2.34. The number of furan rings is 1. The number of piperidine rings is 1. The Morgan fingerprint density at radius 2 is 2.05 bits per heavy atom. The van der Waals surface area contributed by atoms with E-state index in [2.05, 4.69) is 0 Å². The highest BCUT2D eigenvalue weighted by Gasteiger charge is 2.38. The molecule has 2 amide bonds. The van der Waals surface area contributed by atoms with E-state index in [1.807, 2.05) is 0 Å². The van der Waals surface area contributed by atoms with Gasteiger partial charge in [-0.1, -0.05) is 0 Å². The second kappa shape index (κ2) is 5.89. The fourth-order valence-electron chi connectivity index (χ4n) is 3.17. The summed E-state index contributed by atoms with van der Waals surface area (Å²) in [6.45, 7) is 1.61. The Hall–Kier alpha value is -1.82. The maximum Gasteiger partial charge on any atom is 0.290 e. The van der Waals surface area contributed by atoms with E-state index in [1.165, 1.54) is 6.26 Å². The molecule has 0 bridgehead atoms. The van der Waals surface area contributed by atoms with Gasteiger partial charge in [-0.05, 0) is 37.8 Å². The fraction of sp³-hybridized carbons (Fsp3) is 0.600. The zero-order chi connectivity index (χ0) is 14.8. The van der Waals surface area contributed by atoms with Crippen molar-refractivity contribution >= 4 is 11.8 Å². The van der Waals surface area contributed by atoms with Crippen LogP contribution in [0.15, 0.2) is 22.8 Å². The third-order valence-corrected chi connectivity index (χ3v) is 4.24. The van der Waals surface area contributed by atoms with Gasteiger partial charge in [-0.2, -0.15) is 0 Å². The molecule has 0 saturated carbocycles. The first kappa shape index (κ1) is 14.1. The molecule has 2 saturated heterocycles.